The Kier molecular flexibility index (Phi) is 3.45. The van der Waals surface area contributed by atoms with Crippen LogP contribution in [-0.4, -0.2) is 25.7 Å². The molecule has 3 nitrogen and oxygen atoms in total. The van der Waals surface area contributed by atoms with Crippen LogP contribution in [-0.2, 0) is 14.3 Å². The van der Waals surface area contributed by atoms with Gasteiger partial charge in [0, 0.05) is 6.92 Å². The summed E-state index contributed by atoms with van der Waals surface area (Å²) in [6.45, 7) is 6.68. The fourth-order valence-electron chi connectivity index (χ4n) is 0.384. The van der Waals surface area contributed by atoms with Crippen LogP contribution in [0.1, 0.15) is 13.8 Å². The normalized spacial score (nSPS) is 10.9. The van der Waals surface area contributed by atoms with E-state index in [9.17, 15) is 9.59 Å². The standard InChI is InChI=1S/C7H14O3Si/c1-6(8)10-5-11(3,4)7(2)9/h5H2,1-4H3. The minimum absolute atomic E-state index is 0.166. The van der Waals surface area contributed by atoms with Gasteiger partial charge in [-0.2, -0.15) is 0 Å². The molecule has 0 fully saturated rings. The summed E-state index contributed by atoms with van der Waals surface area (Å²) in [5.74, 6) is -0.313. The molecule has 0 spiro atoms. The molecule has 11 heavy (non-hydrogen) atoms. The summed E-state index contributed by atoms with van der Waals surface area (Å²) in [6.07, 6.45) is 0.303. The molecule has 0 aromatic rings. The van der Waals surface area contributed by atoms with Gasteiger partial charge in [0.05, 0.1) is 6.23 Å². The zero-order chi connectivity index (χ0) is 9.07. The lowest BCUT2D eigenvalue weighted by molar-refractivity contribution is -0.139. The van der Waals surface area contributed by atoms with Crippen LogP contribution in [0.4, 0.5) is 0 Å². The molecule has 0 aliphatic heterocycles. The van der Waals surface area contributed by atoms with Gasteiger partial charge in [0.25, 0.3) is 0 Å². The highest BCUT2D eigenvalue weighted by Crippen LogP contribution is 2.03. The van der Waals surface area contributed by atoms with Crippen molar-refractivity contribution < 1.29 is 14.3 Å². The Morgan fingerprint density at radius 2 is 1.73 bits per heavy atom. The van der Waals surface area contributed by atoms with E-state index in [4.69, 9.17) is 4.74 Å². The monoisotopic (exact) mass is 174 g/mol. The van der Waals surface area contributed by atoms with Gasteiger partial charge in [-0.15, -0.1) is 0 Å². The molecule has 0 aromatic heterocycles. The predicted octanol–water partition coefficient (Wildman–Crippen LogP) is 0.925. The number of esters is 1. The number of carbonyl (C=O) groups excluding carboxylic acids is 2. The second kappa shape index (κ2) is 3.66. The van der Waals surface area contributed by atoms with E-state index in [1.807, 2.05) is 13.1 Å². The average molecular weight is 174 g/mol. The van der Waals surface area contributed by atoms with Crippen LogP contribution in [0.15, 0.2) is 0 Å². The third-order valence-corrected chi connectivity index (χ3v) is 4.36. The number of ether oxygens (including phenoxy) is 1. The first-order chi connectivity index (χ1) is 4.86. The molecular weight excluding hydrogens is 160 g/mol. The first-order valence-electron chi connectivity index (χ1n) is 3.50. The van der Waals surface area contributed by atoms with Crippen LogP contribution in [0.5, 0.6) is 0 Å². The van der Waals surface area contributed by atoms with Gasteiger partial charge in [-0.25, -0.2) is 0 Å². The Balaban J connectivity index is 3.92. The fraction of sp³-hybridized carbons (Fsp3) is 0.714. The molecule has 0 aromatic carbocycles. The Morgan fingerprint density at radius 1 is 1.27 bits per heavy atom. The topological polar surface area (TPSA) is 43.4 Å². The van der Waals surface area contributed by atoms with Gasteiger partial charge in [-0.3, -0.25) is 4.79 Å². The van der Waals surface area contributed by atoms with Crippen molar-refractivity contribution >= 4 is 19.4 Å². The lowest BCUT2D eigenvalue weighted by atomic mass is 10.8. The summed E-state index contributed by atoms with van der Waals surface area (Å²) >= 11 is 0. The molecule has 0 N–H and O–H groups in total. The van der Waals surface area contributed by atoms with Crippen molar-refractivity contribution in [1.29, 1.82) is 0 Å². The van der Waals surface area contributed by atoms with Crippen LogP contribution in [0, 0.1) is 0 Å². The third-order valence-electron chi connectivity index (χ3n) is 1.59. The van der Waals surface area contributed by atoms with E-state index in [1.54, 1.807) is 6.92 Å². The second-order valence-electron chi connectivity index (χ2n) is 3.22. The molecule has 64 valence electrons. The maximum Gasteiger partial charge on any atom is 0.302 e. The fourth-order valence-corrected chi connectivity index (χ4v) is 1.15. The van der Waals surface area contributed by atoms with Crippen molar-refractivity contribution in [3.8, 4) is 0 Å². The van der Waals surface area contributed by atoms with Crippen LogP contribution in [0.3, 0.4) is 0 Å². The zero-order valence-corrected chi connectivity index (χ0v) is 8.43. The summed E-state index contributed by atoms with van der Waals surface area (Å²) in [5, 5.41) is 0.166. The molecule has 0 saturated carbocycles. The molecular formula is C7H14O3Si. The SMILES string of the molecule is CC(=O)OC[Si](C)(C)C(C)=O. The quantitative estimate of drug-likeness (QED) is 0.472. The van der Waals surface area contributed by atoms with Gasteiger partial charge in [0.15, 0.2) is 8.07 Å². The molecule has 0 saturated heterocycles. The lowest BCUT2D eigenvalue weighted by Gasteiger charge is -2.16. The molecule has 0 aliphatic rings. The molecule has 0 rings (SSSR count). The predicted molar refractivity (Wildman–Crippen MR) is 44.8 cm³/mol. The van der Waals surface area contributed by atoms with Gasteiger partial charge < -0.3 is 9.53 Å². The van der Waals surface area contributed by atoms with E-state index in [2.05, 4.69) is 0 Å². The van der Waals surface area contributed by atoms with E-state index < -0.39 is 8.07 Å². The highest BCUT2D eigenvalue weighted by atomic mass is 28.3. The van der Waals surface area contributed by atoms with Gasteiger partial charge in [-0.1, -0.05) is 13.1 Å². The molecule has 0 bridgehead atoms. The van der Waals surface area contributed by atoms with E-state index in [0.29, 0.717) is 6.23 Å². The van der Waals surface area contributed by atoms with Gasteiger partial charge in [0.1, 0.15) is 5.41 Å². The smallest absolute Gasteiger partial charge is 0.302 e. The van der Waals surface area contributed by atoms with Gasteiger partial charge in [0.2, 0.25) is 0 Å². The molecule has 0 radical (unpaired) electrons. The summed E-state index contributed by atoms with van der Waals surface area (Å²) in [5.41, 5.74) is 0. The first-order valence-corrected chi connectivity index (χ1v) is 6.71. The third kappa shape index (κ3) is 3.93. The highest BCUT2D eigenvalue weighted by Gasteiger charge is 2.28. The minimum atomic E-state index is -1.93. The number of carbonyl (C=O) groups is 2. The average Bonchev–Trinajstić information content (AvgIpc) is 1.84. The molecule has 0 heterocycles. The lowest BCUT2D eigenvalue weighted by Crippen LogP contribution is -2.41. The van der Waals surface area contributed by atoms with Crippen molar-refractivity contribution in [1.82, 2.24) is 0 Å². The number of hydrogen-bond donors (Lipinski definition) is 0. The van der Waals surface area contributed by atoms with Crippen molar-refractivity contribution in [2.24, 2.45) is 0 Å². The minimum Gasteiger partial charge on any atom is -0.469 e. The van der Waals surface area contributed by atoms with Gasteiger partial charge in [-0.05, 0) is 6.92 Å². The highest BCUT2D eigenvalue weighted by molar-refractivity contribution is 7.04. The largest absolute Gasteiger partial charge is 0.469 e. The molecule has 0 atom stereocenters. The number of hydrogen-bond acceptors (Lipinski definition) is 3. The van der Waals surface area contributed by atoms with Crippen molar-refractivity contribution in [2.75, 3.05) is 6.23 Å². The second-order valence-corrected chi connectivity index (χ2v) is 7.98. The Bertz CT molecular complexity index is 175. The first kappa shape index (κ1) is 10.4. The van der Waals surface area contributed by atoms with Crippen molar-refractivity contribution in [2.45, 2.75) is 26.9 Å². The molecule has 0 amide bonds. The van der Waals surface area contributed by atoms with E-state index in [0.717, 1.165) is 0 Å². The van der Waals surface area contributed by atoms with Crippen LogP contribution in [0.25, 0.3) is 0 Å². The summed E-state index contributed by atoms with van der Waals surface area (Å²) in [4.78, 5) is 21.4. The van der Waals surface area contributed by atoms with E-state index in [1.165, 1.54) is 6.92 Å². The molecule has 0 unspecified atom stereocenters. The Morgan fingerprint density at radius 3 is 2.00 bits per heavy atom. The van der Waals surface area contributed by atoms with Crippen molar-refractivity contribution in [3.05, 3.63) is 0 Å². The molecule has 0 aliphatic carbocycles. The molecule has 4 heteroatoms. The zero-order valence-electron chi connectivity index (χ0n) is 7.43. The Hall–Kier alpha value is -0.643. The van der Waals surface area contributed by atoms with Crippen LogP contribution < -0.4 is 0 Å². The van der Waals surface area contributed by atoms with Crippen LogP contribution in [0.2, 0.25) is 13.1 Å². The van der Waals surface area contributed by atoms with E-state index >= 15 is 0 Å². The van der Waals surface area contributed by atoms with Gasteiger partial charge >= 0.3 is 5.97 Å². The Labute approximate surface area is 67.7 Å². The van der Waals surface area contributed by atoms with Crippen LogP contribution >= 0.6 is 0 Å². The maximum absolute atomic E-state index is 10.9. The summed E-state index contributed by atoms with van der Waals surface area (Å²) in [6, 6.07) is 0. The van der Waals surface area contributed by atoms with Crippen molar-refractivity contribution in [3.63, 3.8) is 0 Å². The summed E-state index contributed by atoms with van der Waals surface area (Å²) < 4.78 is 4.77. The number of rotatable bonds is 3. The summed E-state index contributed by atoms with van der Waals surface area (Å²) in [7, 11) is -1.93. The van der Waals surface area contributed by atoms with E-state index in [-0.39, 0.29) is 11.4 Å². The maximum atomic E-state index is 10.9.